The minimum atomic E-state index is 0.566. The minimum Gasteiger partial charge on any atom is -0.456 e. The van der Waals surface area contributed by atoms with Gasteiger partial charge < -0.3 is 13.4 Å². The molecule has 0 atom stereocenters. The van der Waals surface area contributed by atoms with Crippen LogP contribution in [0.25, 0.3) is 128 Å². The molecule has 0 bridgehead atoms. The summed E-state index contributed by atoms with van der Waals surface area (Å²) >= 11 is 0. The average Bonchev–Trinajstić information content (AvgIpc) is 4.03. The number of nitrogens with zero attached hydrogens (tertiary/aromatic N) is 4. The van der Waals surface area contributed by atoms with Crippen molar-refractivity contribution in [3.05, 3.63) is 206 Å². The van der Waals surface area contributed by atoms with Crippen molar-refractivity contribution in [3.63, 3.8) is 0 Å². The standard InChI is InChI=1S/C57H34N4O2/c1-4-14-35(15-5-1)37-27-30-47-45(32-37)46-33-38(28-31-48(46)61(47)40-18-8-3-9-19-40)39-26-29-42-52(34-39)63-51-25-13-22-44(54(42)51)57-59-55(36-16-6-2-7-17-36)58-56(60-57)43-21-12-24-50-53(43)41-20-10-11-23-49(41)62-50/h1-34H. The Morgan fingerprint density at radius 3 is 1.43 bits per heavy atom. The summed E-state index contributed by atoms with van der Waals surface area (Å²) in [5.74, 6) is 1.73. The van der Waals surface area contributed by atoms with Crippen LogP contribution in [0.2, 0.25) is 0 Å². The smallest absolute Gasteiger partial charge is 0.164 e. The van der Waals surface area contributed by atoms with Gasteiger partial charge in [0.2, 0.25) is 0 Å². The highest BCUT2D eigenvalue weighted by atomic mass is 16.3. The molecule has 0 spiro atoms. The van der Waals surface area contributed by atoms with E-state index >= 15 is 0 Å². The number of furan rings is 2. The van der Waals surface area contributed by atoms with Crippen LogP contribution < -0.4 is 0 Å². The van der Waals surface area contributed by atoms with E-state index in [-0.39, 0.29) is 0 Å². The van der Waals surface area contributed by atoms with Gasteiger partial charge in [-0.1, -0.05) is 140 Å². The van der Waals surface area contributed by atoms with Gasteiger partial charge >= 0.3 is 0 Å². The van der Waals surface area contributed by atoms with Crippen LogP contribution in [-0.4, -0.2) is 19.5 Å². The maximum absolute atomic E-state index is 6.70. The first kappa shape index (κ1) is 35.2. The lowest BCUT2D eigenvalue weighted by molar-refractivity contribution is 0.668. The van der Waals surface area contributed by atoms with E-state index in [2.05, 4.69) is 138 Å². The lowest BCUT2D eigenvalue weighted by Gasteiger charge is -2.10. The second kappa shape index (κ2) is 14.0. The number of fused-ring (bicyclic) bond motifs is 9. The van der Waals surface area contributed by atoms with Gasteiger partial charge in [0.25, 0.3) is 0 Å². The number of aromatic nitrogens is 4. The van der Waals surface area contributed by atoms with Crippen molar-refractivity contribution in [2.24, 2.45) is 0 Å². The Morgan fingerprint density at radius 1 is 0.302 bits per heavy atom. The molecule has 63 heavy (non-hydrogen) atoms. The molecule has 0 fully saturated rings. The number of hydrogen-bond acceptors (Lipinski definition) is 5. The predicted octanol–water partition coefficient (Wildman–Crippen LogP) is 15.1. The van der Waals surface area contributed by atoms with Gasteiger partial charge in [-0.3, -0.25) is 0 Å². The third-order valence-electron chi connectivity index (χ3n) is 12.3. The fourth-order valence-electron chi connectivity index (χ4n) is 9.35. The maximum atomic E-state index is 6.70. The van der Waals surface area contributed by atoms with Crippen molar-refractivity contribution < 1.29 is 8.83 Å². The van der Waals surface area contributed by atoms with E-state index in [1.807, 2.05) is 72.8 Å². The molecule has 0 aliphatic rings. The van der Waals surface area contributed by atoms with Gasteiger partial charge in [0.05, 0.1) is 11.0 Å². The van der Waals surface area contributed by atoms with Gasteiger partial charge in [-0.25, -0.2) is 15.0 Å². The first-order chi connectivity index (χ1) is 31.2. The SMILES string of the molecule is c1ccc(-c2ccc3c(c2)c2cc(-c4ccc5c(c4)oc4cccc(-c6nc(-c7ccccc7)nc(-c7cccc8oc9ccccc9c78)n6)c45)ccc2n3-c2ccccc2)cc1. The van der Waals surface area contributed by atoms with E-state index in [0.29, 0.717) is 17.5 Å². The molecule has 6 heteroatoms. The van der Waals surface area contributed by atoms with E-state index in [1.54, 1.807) is 0 Å². The summed E-state index contributed by atoms with van der Waals surface area (Å²) in [7, 11) is 0. The number of hydrogen-bond donors (Lipinski definition) is 0. The largest absolute Gasteiger partial charge is 0.456 e. The second-order valence-electron chi connectivity index (χ2n) is 15.9. The van der Waals surface area contributed by atoms with E-state index < -0.39 is 0 Å². The molecule has 13 rings (SSSR count). The topological polar surface area (TPSA) is 69.9 Å². The summed E-state index contributed by atoms with van der Waals surface area (Å²) < 4.78 is 15.3. The molecule has 4 heterocycles. The van der Waals surface area contributed by atoms with Crippen molar-refractivity contribution in [2.75, 3.05) is 0 Å². The van der Waals surface area contributed by atoms with Gasteiger partial charge in [-0.2, -0.15) is 0 Å². The summed E-state index contributed by atoms with van der Waals surface area (Å²) in [5, 5.41) is 6.33. The normalized spacial score (nSPS) is 11.8. The van der Waals surface area contributed by atoms with Gasteiger partial charge in [0.1, 0.15) is 22.3 Å². The molecule has 0 aliphatic heterocycles. The van der Waals surface area contributed by atoms with Gasteiger partial charge in [0.15, 0.2) is 17.5 Å². The summed E-state index contributed by atoms with van der Waals surface area (Å²) in [6.45, 7) is 0. The highest BCUT2D eigenvalue weighted by Crippen LogP contribution is 2.42. The molecule has 0 saturated carbocycles. The molecule has 0 N–H and O–H groups in total. The molecule has 294 valence electrons. The van der Waals surface area contributed by atoms with Crippen LogP contribution in [0, 0.1) is 0 Å². The number of para-hydroxylation sites is 2. The van der Waals surface area contributed by atoms with E-state index in [9.17, 15) is 0 Å². The first-order valence-corrected chi connectivity index (χ1v) is 21.1. The zero-order valence-corrected chi connectivity index (χ0v) is 33.7. The summed E-state index contributed by atoms with van der Waals surface area (Å²) in [6.07, 6.45) is 0. The van der Waals surface area contributed by atoms with Crippen LogP contribution in [-0.2, 0) is 0 Å². The molecule has 6 nitrogen and oxygen atoms in total. The fraction of sp³-hybridized carbons (Fsp3) is 0. The lowest BCUT2D eigenvalue weighted by Crippen LogP contribution is -2.00. The minimum absolute atomic E-state index is 0.566. The Balaban J connectivity index is 0.972. The Labute approximate surface area is 361 Å². The van der Waals surface area contributed by atoms with Crippen LogP contribution in [0.4, 0.5) is 0 Å². The van der Waals surface area contributed by atoms with Gasteiger partial charge in [0, 0.05) is 54.7 Å². The second-order valence-corrected chi connectivity index (χ2v) is 15.9. The fourth-order valence-corrected chi connectivity index (χ4v) is 9.35. The van der Waals surface area contributed by atoms with Crippen molar-refractivity contribution in [3.8, 4) is 62.1 Å². The van der Waals surface area contributed by atoms with E-state index in [1.165, 1.54) is 27.4 Å². The van der Waals surface area contributed by atoms with Gasteiger partial charge in [-0.15, -0.1) is 0 Å². The zero-order valence-electron chi connectivity index (χ0n) is 33.7. The average molecular weight is 807 g/mol. The molecule has 13 aromatic rings. The Kier molecular flexibility index (Phi) is 7.80. The Bertz CT molecular complexity index is 3900. The highest BCUT2D eigenvalue weighted by Gasteiger charge is 2.21. The van der Waals surface area contributed by atoms with Crippen LogP contribution in [0.3, 0.4) is 0 Å². The zero-order chi connectivity index (χ0) is 41.4. The van der Waals surface area contributed by atoms with Crippen molar-refractivity contribution >= 4 is 65.7 Å². The Hall–Kier alpha value is -8.61. The number of benzene rings is 9. The molecule has 0 radical (unpaired) electrons. The molecule has 4 aromatic heterocycles. The van der Waals surface area contributed by atoms with Gasteiger partial charge in [-0.05, 0) is 89.0 Å². The molecule has 0 saturated heterocycles. The summed E-state index contributed by atoms with van der Waals surface area (Å²) in [4.78, 5) is 15.5. The molecule has 0 amide bonds. The molecule has 0 unspecified atom stereocenters. The van der Waals surface area contributed by atoms with Crippen molar-refractivity contribution in [1.82, 2.24) is 19.5 Å². The maximum Gasteiger partial charge on any atom is 0.164 e. The number of rotatable bonds is 6. The lowest BCUT2D eigenvalue weighted by atomic mass is 9.99. The predicted molar refractivity (Wildman–Crippen MR) is 256 cm³/mol. The van der Waals surface area contributed by atoms with E-state index in [4.69, 9.17) is 23.8 Å². The van der Waals surface area contributed by atoms with E-state index in [0.717, 1.165) is 82.9 Å². The molecule has 9 aromatic carbocycles. The van der Waals surface area contributed by atoms with Crippen LogP contribution >= 0.6 is 0 Å². The third kappa shape index (κ3) is 5.69. The molecule has 0 aliphatic carbocycles. The van der Waals surface area contributed by atoms with Crippen molar-refractivity contribution in [1.29, 1.82) is 0 Å². The monoisotopic (exact) mass is 806 g/mol. The van der Waals surface area contributed by atoms with Crippen LogP contribution in [0.15, 0.2) is 215 Å². The quantitative estimate of drug-likeness (QED) is 0.167. The first-order valence-electron chi connectivity index (χ1n) is 21.1. The van der Waals surface area contributed by atoms with Crippen LogP contribution in [0.5, 0.6) is 0 Å². The van der Waals surface area contributed by atoms with Crippen molar-refractivity contribution in [2.45, 2.75) is 0 Å². The third-order valence-corrected chi connectivity index (χ3v) is 12.3. The summed E-state index contributed by atoms with van der Waals surface area (Å²) in [5.41, 5.74) is 13.8. The summed E-state index contributed by atoms with van der Waals surface area (Å²) in [6, 6.07) is 71.6. The molecular formula is C57H34N4O2. The Morgan fingerprint density at radius 2 is 0.778 bits per heavy atom. The van der Waals surface area contributed by atoms with Crippen LogP contribution in [0.1, 0.15) is 0 Å². The molecular weight excluding hydrogens is 773 g/mol. The highest BCUT2D eigenvalue weighted by molar-refractivity contribution is 6.15.